The lowest BCUT2D eigenvalue weighted by Gasteiger charge is -1.96. The summed E-state index contributed by atoms with van der Waals surface area (Å²) >= 11 is 6.63. The first-order chi connectivity index (χ1) is 5.74. The van der Waals surface area contributed by atoms with E-state index in [0.717, 1.165) is 14.6 Å². The van der Waals surface area contributed by atoms with E-state index in [9.17, 15) is 0 Å². The van der Waals surface area contributed by atoms with Gasteiger partial charge in [-0.3, -0.25) is 4.98 Å². The summed E-state index contributed by atoms with van der Waals surface area (Å²) in [6.45, 7) is 0. The van der Waals surface area contributed by atoms with Crippen molar-refractivity contribution < 1.29 is 4.84 Å². The minimum atomic E-state index is 0.736. The molecule has 0 spiro atoms. The van der Waals surface area contributed by atoms with Crippen molar-refractivity contribution in [3.05, 3.63) is 26.9 Å². The topological polar surface area (TPSA) is 34.5 Å². The highest BCUT2D eigenvalue weighted by atomic mass is 79.9. The lowest BCUT2D eigenvalue weighted by Crippen LogP contribution is -1.89. The Balaban J connectivity index is 2.94. The van der Waals surface area contributed by atoms with Crippen LogP contribution in [0, 0.1) is 0 Å². The molecule has 0 radical (unpaired) electrons. The molecule has 0 N–H and O–H groups in total. The average molecular weight is 294 g/mol. The lowest BCUT2D eigenvalue weighted by atomic mass is 10.4. The highest BCUT2D eigenvalue weighted by Crippen LogP contribution is 2.17. The summed E-state index contributed by atoms with van der Waals surface area (Å²) in [7, 11) is 1.49. The zero-order valence-corrected chi connectivity index (χ0v) is 9.46. The Morgan fingerprint density at radius 2 is 2.33 bits per heavy atom. The molecule has 0 atom stereocenters. The van der Waals surface area contributed by atoms with E-state index in [1.54, 1.807) is 6.20 Å². The molecule has 1 aromatic heterocycles. The third kappa shape index (κ3) is 2.57. The molecule has 0 amide bonds. The summed E-state index contributed by atoms with van der Waals surface area (Å²) < 4.78 is 1.79. The molecule has 1 rings (SSSR count). The highest BCUT2D eigenvalue weighted by Gasteiger charge is 1.98. The Morgan fingerprint density at radius 3 is 2.92 bits per heavy atom. The number of hydrogen-bond donors (Lipinski definition) is 0. The van der Waals surface area contributed by atoms with Gasteiger partial charge in [0.25, 0.3) is 0 Å². The van der Waals surface area contributed by atoms with Crippen LogP contribution in [0.5, 0.6) is 0 Å². The fourth-order valence-corrected chi connectivity index (χ4v) is 1.71. The van der Waals surface area contributed by atoms with E-state index in [2.05, 4.69) is 46.8 Å². The maximum absolute atomic E-state index is 4.53. The van der Waals surface area contributed by atoms with Crippen LogP contribution in [0.2, 0.25) is 0 Å². The minimum absolute atomic E-state index is 0.736. The van der Waals surface area contributed by atoms with Gasteiger partial charge in [0.1, 0.15) is 7.11 Å². The van der Waals surface area contributed by atoms with Crippen LogP contribution >= 0.6 is 31.9 Å². The van der Waals surface area contributed by atoms with Gasteiger partial charge in [-0.15, -0.1) is 0 Å². The molecular weight excluding hydrogens is 288 g/mol. The van der Waals surface area contributed by atoms with E-state index in [1.165, 1.54) is 13.3 Å². The molecule has 1 aromatic rings. The summed E-state index contributed by atoms with van der Waals surface area (Å²) in [5.74, 6) is 0. The Hall–Kier alpha value is -0.420. The second-order valence-electron chi connectivity index (χ2n) is 1.94. The zero-order chi connectivity index (χ0) is 8.97. The van der Waals surface area contributed by atoms with Crippen molar-refractivity contribution in [2.75, 3.05) is 7.11 Å². The van der Waals surface area contributed by atoms with Gasteiger partial charge < -0.3 is 4.84 Å². The fourth-order valence-electron chi connectivity index (χ4n) is 0.623. The number of oxime groups is 1. The van der Waals surface area contributed by atoms with Crippen molar-refractivity contribution in [2.24, 2.45) is 5.16 Å². The van der Waals surface area contributed by atoms with E-state index >= 15 is 0 Å². The van der Waals surface area contributed by atoms with Crippen LogP contribution in [0.15, 0.2) is 26.4 Å². The summed E-state index contributed by atoms with van der Waals surface area (Å²) in [5, 5.41) is 3.60. The summed E-state index contributed by atoms with van der Waals surface area (Å²) in [6.07, 6.45) is 3.23. The summed E-state index contributed by atoms with van der Waals surface area (Å²) in [6, 6.07) is 1.89. The maximum Gasteiger partial charge on any atom is 0.106 e. The van der Waals surface area contributed by atoms with Crippen LogP contribution in [-0.4, -0.2) is 18.3 Å². The van der Waals surface area contributed by atoms with Crippen molar-refractivity contribution in [3.63, 3.8) is 0 Å². The molecule has 0 aliphatic heterocycles. The first-order valence-corrected chi connectivity index (χ1v) is 4.70. The molecular formula is C7H6Br2N2O. The number of hydrogen-bond acceptors (Lipinski definition) is 3. The number of rotatable bonds is 2. The molecule has 0 saturated carbocycles. The zero-order valence-electron chi connectivity index (χ0n) is 6.29. The molecule has 0 bridgehead atoms. The van der Waals surface area contributed by atoms with Crippen LogP contribution < -0.4 is 0 Å². The molecule has 0 aliphatic carbocycles. The van der Waals surface area contributed by atoms with Gasteiger partial charge in [-0.2, -0.15) is 0 Å². The van der Waals surface area contributed by atoms with Gasteiger partial charge in [-0.1, -0.05) is 5.16 Å². The number of halogens is 2. The number of aromatic nitrogens is 1. The molecule has 0 saturated heterocycles. The van der Waals surface area contributed by atoms with Gasteiger partial charge in [0.15, 0.2) is 0 Å². The Labute approximate surface area is 87.1 Å². The highest BCUT2D eigenvalue weighted by molar-refractivity contribution is 9.11. The maximum atomic E-state index is 4.53. The third-order valence-corrected chi connectivity index (χ3v) is 2.19. The smallest absolute Gasteiger partial charge is 0.106 e. The number of pyridine rings is 1. The van der Waals surface area contributed by atoms with Crippen molar-refractivity contribution in [2.45, 2.75) is 0 Å². The molecule has 0 aromatic carbocycles. The van der Waals surface area contributed by atoms with E-state index < -0.39 is 0 Å². The van der Waals surface area contributed by atoms with Gasteiger partial charge in [0.05, 0.1) is 11.9 Å². The van der Waals surface area contributed by atoms with Crippen molar-refractivity contribution in [1.82, 2.24) is 4.98 Å². The average Bonchev–Trinajstić information content (AvgIpc) is 2.03. The largest absolute Gasteiger partial charge is 0.399 e. The van der Waals surface area contributed by atoms with Gasteiger partial charge in [0, 0.05) is 15.1 Å². The molecule has 1 heterocycles. The van der Waals surface area contributed by atoms with E-state index in [1.807, 2.05) is 6.07 Å². The quantitative estimate of drug-likeness (QED) is 0.620. The molecule has 0 fully saturated rings. The molecule has 12 heavy (non-hydrogen) atoms. The standard InChI is InChI=1S/C7H6Br2N2O/c1-12-11-4-7-6(9)2-5(8)3-10-7/h2-4H,1H3/b11-4+. The van der Waals surface area contributed by atoms with Crippen LogP contribution in [0.25, 0.3) is 0 Å². The lowest BCUT2D eigenvalue weighted by molar-refractivity contribution is 0.215. The molecule has 0 unspecified atom stereocenters. The predicted molar refractivity (Wildman–Crippen MR) is 54.2 cm³/mol. The van der Waals surface area contributed by atoms with Crippen molar-refractivity contribution in [3.8, 4) is 0 Å². The molecule has 5 heteroatoms. The molecule has 64 valence electrons. The monoisotopic (exact) mass is 292 g/mol. The Kier molecular flexibility index (Phi) is 3.68. The first kappa shape index (κ1) is 9.67. The fraction of sp³-hybridized carbons (Fsp3) is 0.143. The Bertz CT molecular complexity index is 301. The van der Waals surface area contributed by atoms with Crippen LogP contribution in [0.4, 0.5) is 0 Å². The van der Waals surface area contributed by atoms with E-state index in [0.29, 0.717) is 0 Å². The number of nitrogens with zero attached hydrogens (tertiary/aromatic N) is 2. The van der Waals surface area contributed by atoms with Gasteiger partial charge in [0.2, 0.25) is 0 Å². The summed E-state index contributed by atoms with van der Waals surface area (Å²) in [4.78, 5) is 8.62. The van der Waals surface area contributed by atoms with Gasteiger partial charge in [-0.25, -0.2) is 0 Å². The van der Waals surface area contributed by atoms with Crippen molar-refractivity contribution >= 4 is 38.1 Å². The minimum Gasteiger partial charge on any atom is -0.399 e. The van der Waals surface area contributed by atoms with E-state index in [-0.39, 0.29) is 0 Å². The van der Waals surface area contributed by atoms with Crippen LogP contribution in [0.3, 0.4) is 0 Å². The molecule has 3 nitrogen and oxygen atoms in total. The van der Waals surface area contributed by atoms with Gasteiger partial charge >= 0.3 is 0 Å². The first-order valence-electron chi connectivity index (χ1n) is 3.11. The Morgan fingerprint density at radius 1 is 1.58 bits per heavy atom. The van der Waals surface area contributed by atoms with E-state index in [4.69, 9.17) is 0 Å². The SMILES string of the molecule is CO/N=C/c1ncc(Br)cc1Br. The van der Waals surface area contributed by atoms with Crippen LogP contribution in [0.1, 0.15) is 5.69 Å². The normalized spacial score (nSPS) is 10.6. The molecule has 0 aliphatic rings. The second kappa shape index (κ2) is 4.57. The van der Waals surface area contributed by atoms with Gasteiger partial charge in [-0.05, 0) is 37.9 Å². The third-order valence-electron chi connectivity index (χ3n) is 1.12. The predicted octanol–water partition coefficient (Wildman–Crippen LogP) is 2.59. The van der Waals surface area contributed by atoms with Crippen molar-refractivity contribution in [1.29, 1.82) is 0 Å². The summed E-state index contributed by atoms with van der Waals surface area (Å²) in [5.41, 5.74) is 0.736. The van der Waals surface area contributed by atoms with Crippen LogP contribution in [-0.2, 0) is 4.84 Å². The second-order valence-corrected chi connectivity index (χ2v) is 3.71.